The second-order valence-corrected chi connectivity index (χ2v) is 7.02. The van der Waals surface area contributed by atoms with E-state index < -0.39 is 11.7 Å². The first-order valence-corrected chi connectivity index (χ1v) is 7.87. The molecule has 7 heteroatoms. The number of carbonyl (C=O) groups excluding carboxylic acids is 1. The van der Waals surface area contributed by atoms with Crippen LogP contribution in [0.25, 0.3) is 11.4 Å². The van der Waals surface area contributed by atoms with Crippen molar-refractivity contribution in [3.8, 4) is 17.5 Å². The number of ether oxygens (including phenoxy) is 1. The highest BCUT2D eigenvalue weighted by molar-refractivity contribution is 5.74. The van der Waals surface area contributed by atoms with Crippen molar-refractivity contribution in [3.63, 3.8) is 0 Å². The molecule has 1 saturated heterocycles. The Balaban J connectivity index is 1.51. The monoisotopic (exact) mass is 331 g/mol. The lowest BCUT2D eigenvalue weighted by Gasteiger charge is -2.38. The largest absolute Gasteiger partial charge is 0.464 e. The SMILES string of the molecule is CC(C)(C)OC(=O)C1CN(Cc2ccc(-c3noc(O)n3)cc2)C1. The lowest BCUT2D eigenvalue weighted by molar-refractivity contribution is -0.166. The van der Waals surface area contributed by atoms with Gasteiger partial charge in [0.05, 0.1) is 5.92 Å². The van der Waals surface area contributed by atoms with Crippen molar-refractivity contribution in [2.45, 2.75) is 32.9 Å². The number of hydrogen-bond acceptors (Lipinski definition) is 7. The molecule has 1 aliphatic heterocycles. The van der Waals surface area contributed by atoms with Gasteiger partial charge in [0, 0.05) is 25.2 Å². The van der Waals surface area contributed by atoms with Crippen molar-refractivity contribution in [1.82, 2.24) is 15.0 Å². The Morgan fingerprint density at radius 2 is 2.00 bits per heavy atom. The maximum absolute atomic E-state index is 12.0. The highest BCUT2D eigenvalue weighted by Crippen LogP contribution is 2.24. The molecule has 0 amide bonds. The summed E-state index contributed by atoms with van der Waals surface area (Å²) in [4.78, 5) is 17.9. The van der Waals surface area contributed by atoms with Gasteiger partial charge in [0.15, 0.2) is 0 Å². The van der Waals surface area contributed by atoms with E-state index in [0.717, 1.165) is 30.8 Å². The number of rotatable bonds is 4. The Labute approximate surface area is 140 Å². The van der Waals surface area contributed by atoms with Gasteiger partial charge in [0.2, 0.25) is 5.82 Å². The first-order valence-electron chi connectivity index (χ1n) is 7.87. The van der Waals surface area contributed by atoms with Crippen LogP contribution < -0.4 is 0 Å². The van der Waals surface area contributed by atoms with E-state index in [0.29, 0.717) is 5.82 Å². The van der Waals surface area contributed by atoms with Gasteiger partial charge in [0.25, 0.3) is 0 Å². The van der Waals surface area contributed by atoms with Crippen LogP contribution in [0.1, 0.15) is 26.3 Å². The van der Waals surface area contributed by atoms with Crippen molar-refractivity contribution >= 4 is 5.97 Å². The summed E-state index contributed by atoms with van der Waals surface area (Å²) in [5.41, 5.74) is 1.48. The van der Waals surface area contributed by atoms with Gasteiger partial charge >= 0.3 is 12.0 Å². The Morgan fingerprint density at radius 3 is 2.54 bits per heavy atom. The van der Waals surface area contributed by atoms with Crippen molar-refractivity contribution in [2.75, 3.05) is 13.1 Å². The van der Waals surface area contributed by atoms with Crippen LogP contribution in [0.4, 0.5) is 0 Å². The van der Waals surface area contributed by atoms with Gasteiger partial charge in [0.1, 0.15) is 5.60 Å². The first kappa shape index (κ1) is 16.4. The summed E-state index contributed by atoms with van der Waals surface area (Å²) in [6.07, 6.45) is -0.442. The zero-order chi connectivity index (χ0) is 17.3. The minimum Gasteiger partial charge on any atom is -0.464 e. The molecule has 0 unspecified atom stereocenters. The van der Waals surface area contributed by atoms with Gasteiger partial charge < -0.3 is 9.84 Å². The van der Waals surface area contributed by atoms with Crippen LogP contribution in [-0.4, -0.2) is 44.8 Å². The van der Waals surface area contributed by atoms with Crippen LogP contribution in [0.2, 0.25) is 0 Å². The number of aromatic hydroxyl groups is 1. The molecule has 0 radical (unpaired) electrons. The maximum atomic E-state index is 12.0. The fourth-order valence-electron chi connectivity index (χ4n) is 2.58. The number of esters is 1. The first-order chi connectivity index (χ1) is 11.3. The number of hydrogen-bond donors (Lipinski definition) is 1. The highest BCUT2D eigenvalue weighted by atomic mass is 16.6. The topological polar surface area (TPSA) is 88.7 Å². The summed E-state index contributed by atoms with van der Waals surface area (Å²) in [5.74, 6) is 0.199. The molecule has 0 atom stereocenters. The number of benzene rings is 1. The predicted molar refractivity (Wildman–Crippen MR) is 86.0 cm³/mol. The fraction of sp³-hybridized carbons (Fsp3) is 0.471. The molecule has 24 heavy (non-hydrogen) atoms. The summed E-state index contributed by atoms with van der Waals surface area (Å²) in [7, 11) is 0. The van der Waals surface area contributed by atoms with E-state index in [1.807, 2.05) is 45.0 Å². The van der Waals surface area contributed by atoms with E-state index >= 15 is 0 Å². The van der Waals surface area contributed by atoms with Crippen LogP contribution >= 0.6 is 0 Å². The third-order valence-corrected chi connectivity index (χ3v) is 3.73. The van der Waals surface area contributed by atoms with Crippen LogP contribution in [0.5, 0.6) is 6.08 Å². The van der Waals surface area contributed by atoms with E-state index in [-0.39, 0.29) is 11.9 Å². The van der Waals surface area contributed by atoms with Crippen LogP contribution in [0, 0.1) is 5.92 Å². The standard InChI is InChI=1S/C17H21N3O4/c1-17(2,3)23-15(21)13-9-20(10-13)8-11-4-6-12(7-5-11)14-18-16(22)24-19-14/h4-7,13H,8-10H2,1-3H3,(H,18,19,22). The third-order valence-electron chi connectivity index (χ3n) is 3.73. The van der Waals surface area contributed by atoms with Crippen molar-refractivity contribution in [1.29, 1.82) is 0 Å². The van der Waals surface area contributed by atoms with E-state index in [4.69, 9.17) is 9.84 Å². The maximum Gasteiger partial charge on any atom is 0.415 e. The molecule has 0 spiro atoms. The lowest BCUT2D eigenvalue weighted by atomic mass is 9.98. The Bertz CT molecular complexity index is 712. The number of nitrogens with zero attached hydrogens (tertiary/aromatic N) is 3. The average Bonchev–Trinajstić information content (AvgIpc) is 2.87. The smallest absolute Gasteiger partial charge is 0.415 e. The van der Waals surface area contributed by atoms with Crippen molar-refractivity contribution in [2.24, 2.45) is 5.92 Å². The summed E-state index contributed by atoms with van der Waals surface area (Å²) in [6, 6.07) is 7.71. The quantitative estimate of drug-likeness (QED) is 0.859. The van der Waals surface area contributed by atoms with Gasteiger partial charge in [-0.3, -0.25) is 14.2 Å². The molecular weight excluding hydrogens is 310 g/mol. The predicted octanol–water partition coefficient (Wildman–Crippen LogP) is 2.22. The second-order valence-electron chi connectivity index (χ2n) is 7.02. The van der Waals surface area contributed by atoms with E-state index in [2.05, 4.69) is 19.6 Å². The summed E-state index contributed by atoms with van der Waals surface area (Å²) in [6.45, 7) is 7.85. The molecule has 1 aromatic heterocycles. The lowest BCUT2D eigenvalue weighted by Crippen LogP contribution is -2.51. The molecule has 1 aliphatic rings. The zero-order valence-corrected chi connectivity index (χ0v) is 14.0. The molecule has 0 aliphatic carbocycles. The zero-order valence-electron chi connectivity index (χ0n) is 14.0. The number of carbonyl (C=O) groups is 1. The molecule has 7 nitrogen and oxygen atoms in total. The normalized spacial score (nSPS) is 16.0. The van der Waals surface area contributed by atoms with E-state index in [9.17, 15) is 4.79 Å². The molecular formula is C17H21N3O4. The molecule has 1 fully saturated rings. The number of likely N-dealkylation sites (tertiary alicyclic amines) is 1. The minimum atomic E-state index is -0.442. The second kappa shape index (κ2) is 6.24. The number of aromatic nitrogens is 2. The fourth-order valence-corrected chi connectivity index (χ4v) is 2.58. The Kier molecular flexibility index (Phi) is 4.28. The molecule has 0 bridgehead atoms. The van der Waals surface area contributed by atoms with E-state index in [1.165, 1.54) is 0 Å². The van der Waals surface area contributed by atoms with Crippen molar-refractivity contribution < 1.29 is 19.2 Å². The van der Waals surface area contributed by atoms with Crippen LogP contribution in [0.3, 0.4) is 0 Å². The Hall–Kier alpha value is -2.41. The molecule has 2 heterocycles. The van der Waals surface area contributed by atoms with Crippen LogP contribution in [0.15, 0.2) is 28.8 Å². The third kappa shape index (κ3) is 3.91. The molecule has 1 N–H and O–H groups in total. The Morgan fingerprint density at radius 1 is 1.33 bits per heavy atom. The van der Waals surface area contributed by atoms with Gasteiger partial charge in [-0.2, -0.15) is 4.98 Å². The van der Waals surface area contributed by atoms with Crippen molar-refractivity contribution in [3.05, 3.63) is 29.8 Å². The summed E-state index contributed by atoms with van der Waals surface area (Å²) in [5, 5.41) is 12.7. The minimum absolute atomic E-state index is 0.0363. The van der Waals surface area contributed by atoms with Gasteiger partial charge in [-0.15, -0.1) is 0 Å². The molecule has 128 valence electrons. The van der Waals surface area contributed by atoms with Crippen LogP contribution in [-0.2, 0) is 16.1 Å². The van der Waals surface area contributed by atoms with Gasteiger partial charge in [-0.25, -0.2) is 0 Å². The van der Waals surface area contributed by atoms with E-state index in [1.54, 1.807) is 0 Å². The highest BCUT2D eigenvalue weighted by Gasteiger charge is 2.35. The van der Waals surface area contributed by atoms with Gasteiger partial charge in [-0.05, 0) is 26.3 Å². The summed E-state index contributed by atoms with van der Waals surface area (Å²) < 4.78 is 9.95. The molecule has 1 aromatic carbocycles. The molecule has 0 saturated carbocycles. The summed E-state index contributed by atoms with van der Waals surface area (Å²) >= 11 is 0. The molecule has 3 rings (SSSR count). The average molecular weight is 331 g/mol. The van der Waals surface area contributed by atoms with Gasteiger partial charge in [-0.1, -0.05) is 29.4 Å². The molecule has 2 aromatic rings.